The number of benzene rings is 1. The van der Waals surface area contributed by atoms with Crippen molar-refractivity contribution in [2.45, 2.75) is 27.3 Å². The highest BCUT2D eigenvalue weighted by Crippen LogP contribution is 2.27. The minimum Gasteiger partial charge on any atom is -0.318 e. The Morgan fingerprint density at radius 3 is 2.61 bits per heavy atom. The average Bonchev–Trinajstić information content (AvgIpc) is 2.91. The van der Waals surface area contributed by atoms with Gasteiger partial charge in [-0.15, -0.1) is 0 Å². The fourth-order valence-corrected chi connectivity index (χ4v) is 3.70. The Kier molecular flexibility index (Phi) is 7.76. The van der Waals surface area contributed by atoms with Crippen LogP contribution in [0.4, 0.5) is 0 Å². The standard InChI is InChI=1S/C21H22BCl3N2O/c1-5-14(9-17(24)8-12(2)3)21-26-13(4)19(20(22)28)27(21)11-15-10-16(23)6-7-18(15)25/h5-10,12H,1,11,22H2,2-4H3/b14-9+,17-8+. The third-order valence-electron chi connectivity index (χ3n) is 4.08. The molecule has 0 saturated heterocycles. The van der Waals surface area contributed by atoms with Crippen LogP contribution in [0.1, 0.15) is 41.4 Å². The van der Waals surface area contributed by atoms with E-state index in [4.69, 9.17) is 34.8 Å². The number of rotatable bonds is 7. The normalized spacial score (nSPS) is 12.5. The van der Waals surface area contributed by atoms with Crippen LogP contribution in [0, 0.1) is 12.8 Å². The van der Waals surface area contributed by atoms with Gasteiger partial charge < -0.3 is 9.36 Å². The average molecular weight is 436 g/mol. The second kappa shape index (κ2) is 9.64. The van der Waals surface area contributed by atoms with Gasteiger partial charge >= 0.3 is 0 Å². The van der Waals surface area contributed by atoms with E-state index >= 15 is 0 Å². The van der Waals surface area contributed by atoms with Gasteiger partial charge in [0, 0.05) is 20.7 Å². The Morgan fingerprint density at radius 2 is 2.04 bits per heavy atom. The van der Waals surface area contributed by atoms with Crippen LogP contribution in [-0.2, 0) is 6.54 Å². The van der Waals surface area contributed by atoms with Gasteiger partial charge in [-0.3, -0.25) is 0 Å². The van der Waals surface area contributed by atoms with Crippen molar-refractivity contribution in [1.82, 2.24) is 9.55 Å². The van der Waals surface area contributed by atoms with Crippen LogP contribution in [0.5, 0.6) is 0 Å². The molecule has 1 aromatic carbocycles. The monoisotopic (exact) mass is 434 g/mol. The first-order chi connectivity index (χ1) is 13.1. The summed E-state index contributed by atoms with van der Waals surface area (Å²) in [5.74, 6) is 0.901. The van der Waals surface area contributed by atoms with Gasteiger partial charge in [-0.05, 0) is 42.7 Å². The molecule has 0 aliphatic heterocycles. The second-order valence-electron chi connectivity index (χ2n) is 6.85. The number of aryl methyl sites for hydroxylation is 1. The molecule has 7 heteroatoms. The van der Waals surface area contributed by atoms with E-state index < -0.39 is 0 Å². The summed E-state index contributed by atoms with van der Waals surface area (Å²) in [4.78, 5) is 16.9. The zero-order valence-corrected chi connectivity index (χ0v) is 18.7. The van der Waals surface area contributed by atoms with Crippen LogP contribution in [0.2, 0.25) is 10.0 Å². The van der Waals surface area contributed by atoms with E-state index in [1.807, 2.05) is 31.4 Å². The molecule has 0 atom stereocenters. The minimum absolute atomic E-state index is 0.0818. The molecule has 0 aliphatic rings. The Bertz CT molecular complexity index is 974. The lowest BCUT2D eigenvalue weighted by Gasteiger charge is -2.13. The van der Waals surface area contributed by atoms with E-state index in [2.05, 4.69) is 11.6 Å². The Morgan fingerprint density at radius 1 is 1.36 bits per heavy atom. The quantitative estimate of drug-likeness (QED) is 0.415. The van der Waals surface area contributed by atoms with Crippen molar-refractivity contribution in [2.24, 2.45) is 5.92 Å². The van der Waals surface area contributed by atoms with Gasteiger partial charge in [0.05, 0.1) is 17.9 Å². The van der Waals surface area contributed by atoms with Crippen LogP contribution in [-0.4, -0.2) is 23.1 Å². The number of nitrogens with zero attached hydrogens (tertiary/aromatic N) is 2. The van der Waals surface area contributed by atoms with Crippen molar-refractivity contribution in [1.29, 1.82) is 0 Å². The van der Waals surface area contributed by atoms with Gasteiger partial charge in [0.25, 0.3) is 0 Å². The smallest absolute Gasteiger partial charge is 0.195 e. The fourth-order valence-electron chi connectivity index (χ4n) is 2.96. The maximum Gasteiger partial charge on any atom is 0.195 e. The number of hydrogen-bond acceptors (Lipinski definition) is 2. The van der Waals surface area contributed by atoms with Gasteiger partial charge in [0.15, 0.2) is 7.85 Å². The number of carbonyl (C=O) groups is 1. The maximum atomic E-state index is 12.3. The van der Waals surface area contributed by atoms with E-state index in [1.54, 1.807) is 30.4 Å². The van der Waals surface area contributed by atoms with Gasteiger partial charge in [0.2, 0.25) is 0 Å². The predicted molar refractivity (Wildman–Crippen MR) is 122 cm³/mol. The summed E-state index contributed by atoms with van der Waals surface area (Å²) in [6.07, 6.45) is 5.42. The third-order valence-corrected chi connectivity index (χ3v) is 4.91. The molecule has 0 N–H and O–H groups in total. The highest BCUT2D eigenvalue weighted by molar-refractivity contribution is 6.62. The first-order valence-corrected chi connectivity index (χ1v) is 10.0. The molecule has 0 saturated carbocycles. The topological polar surface area (TPSA) is 34.9 Å². The molecule has 28 heavy (non-hydrogen) atoms. The first-order valence-electron chi connectivity index (χ1n) is 8.87. The third kappa shape index (κ3) is 5.41. The van der Waals surface area contributed by atoms with Crippen LogP contribution < -0.4 is 0 Å². The lowest BCUT2D eigenvalue weighted by atomic mass is 9.98. The van der Waals surface area contributed by atoms with E-state index in [-0.39, 0.29) is 5.68 Å². The molecule has 146 valence electrons. The molecule has 0 aliphatic carbocycles. The van der Waals surface area contributed by atoms with Crippen LogP contribution in [0.3, 0.4) is 0 Å². The first kappa shape index (κ1) is 22.5. The molecule has 0 amide bonds. The van der Waals surface area contributed by atoms with Gasteiger partial charge in [-0.2, -0.15) is 0 Å². The summed E-state index contributed by atoms with van der Waals surface area (Å²) >= 11 is 18.8. The molecule has 0 bridgehead atoms. The summed E-state index contributed by atoms with van der Waals surface area (Å²) in [7, 11) is 1.52. The number of carbonyl (C=O) groups excluding carboxylic acids is 1. The predicted octanol–water partition coefficient (Wildman–Crippen LogP) is 5.67. The SMILES string of the molecule is BC(=O)c1c(C)nc(/C(C=C)=C/C(Cl)=C\C(C)C)n1Cc1cc(Cl)ccc1Cl. The number of hydrogen-bond donors (Lipinski definition) is 0. The summed E-state index contributed by atoms with van der Waals surface area (Å²) in [5.41, 5.74) is 2.58. The molecule has 2 aromatic rings. The molecule has 3 nitrogen and oxygen atoms in total. The second-order valence-corrected chi connectivity index (χ2v) is 8.13. The molecule has 0 spiro atoms. The van der Waals surface area contributed by atoms with Crippen molar-refractivity contribution in [3.05, 3.63) is 80.9 Å². The molecule has 0 radical (unpaired) electrons. The summed E-state index contributed by atoms with van der Waals surface area (Å²) < 4.78 is 1.84. The van der Waals surface area contributed by atoms with Crippen molar-refractivity contribution >= 4 is 53.9 Å². The van der Waals surface area contributed by atoms with Gasteiger partial charge in [-0.1, -0.05) is 67.4 Å². The zero-order chi connectivity index (χ0) is 21.0. The van der Waals surface area contributed by atoms with Gasteiger partial charge in [0.1, 0.15) is 11.5 Å². The Balaban J connectivity index is 2.66. The van der Waals surface area contributed by atoms with Crippen LogP contribution in [0.15, 0.2) is 48.0 Å². The molecule has 1 heterocycles. The lowest BCUT2D eigenvalue weighted by Crippen LogP contribution is -2.13. The zero-order valence-electron chi connectivity index (χ0n) is 16.4. The van der Waals surface area contributed by atoms with Crippen LogP contribution in [0.25, 0.3) is 5.57 Å². The van der Waals surface area contributed by atoms with Crippen LogP contribution >= 0.6 is 34.8 Å². The molecule has 2 rings (SSSR count). The molecule has 1 aromatic heterocycles. The molecular weight excluding hydrogens is 413 g/mol. The maximum absolute atomic E-state index is 12.3. The molecule has 0 fully saturated rings. The van der Waals surface area contributed by atoms with Crippen molar-refractivity contribution in [3.63, 3.8) is 0 Å². The number of aromatic nitrogens is 2. The Labute approximate surface area is 182 Å². The Hall–Kier alpha value is -1.75. The van der Waals surface area contributed by atoms with E-state index in [0.717, 1.165) is 11.1 Å². The van der Waals surface area contributed by atoms with Crippen molar-refractivity contribution in [3.8, 4) is 0 Å². The van der Waals surface area contributed by atoms with E-state index in [0.29, 0.717) is 44.8 Å². The lowest BCUT2D eigenvalue weighted by molar-refractivity contribution is 0.107. The summed E-state index contributed by atoms with van der Waals surface area (Å²) in [6.45, 7) is 10.1. The van der Waals surface area contributed by atoms with Crippen molar-refractivity contribution < 1.29 is 4.79 Å². The largest absolute Gasteiger partial charge is 0.318 e. The number of imidazole rings is 1. The number of allylic oxidation sites excluding steroid dienone is 5. The molecule has 0 unspecified atom stereocenters. The van der Waals surface area contributed by atoms with Crippen molar-refractivity contribution in [2.75, 3.05) is 0 Å². The fraction of sp³-hybridized carbons (Fsp3) is 0.238. The highest BCUT2D eigenvalue weighted by Gasteiger charge is 2.20. The summed E-state index contributed by atoms with van der Waals surface area (Å²) in [5, 5.41) is 1.73. The number of halogens is 3. The highest BCUT2D eigenvalue weighted by atomic mass is 35.5. The van der Waals surface area contributed by atoms with E-state index in [1.165, 1.54) is 7.85 Å². The van der Waals surface area contributed by atoms with Gasteiger partial charge in [-0.25, -0.2) is 4.98 Å². The molecular formula is C21H22BCl3N2O. The van der Waals surface area contributed by atoms with E-state index in [9.17, 15) is 4.79 Å². The summed E-state index contributed by atoms with van der Waals surface area (Å²) in [6, 6.07) is 5.25. The minimum atomic E-state index is -0.0818.